The fourth-order valence-corrected chi connectivity index (χ4v) is 2.11. The van der Waals surface area contributed by atoms with E-state index >= 15 is 0 Å². The lowest BCUT2D eigenvalue weighted by molar-refractivity contribution is 0.187. The number of aromatic nitrogens is 1. The number of halogens is 1. The molecule has 0 amide bonds. The van der Waals surface area contributed by atoms with Crippen LogP contribution in [0.5, 0.6) is 0 Å². The maximum Gasteiger partial charge on any atom is 0.0750 e. The molecule has 1 aliphatic rings. The van der Waals surface area contributed by atoms with E-state index in [1.54, 1.807) is 12.4 Å². The van der Waals surface area contributed by atoms with Crippen LogP contribution >= 0.6 is 15.9 Å². The first-order valence-corrected chi connectivity index (χ1v) is 5.77. The molecule has 0 aromatic carbocycles. The third kappa shape index (κ3) is 2.60. The van der Waals surface area contributed by atoms with Gasteiger partial charge in [0.25, 0.3) is 0 Å². The van der Waals surface area contributed by atoms with E-state index in [1.165, 1.54) is 0 Å². The lowest BCUT2D eigenvalue weighted by Gasteiger charge is -2.13. The van der Waals surface area contributed by atoms with Gasteiger partial charge in [-0.05, 0) is 22.4 Å². The van der Waals surface area contributed by atoms with Crippen LogP contribution < -0.4 is 11.1 Å². The van der Waals surface area contributed by atoms with Gasteiger partial charge < -0.3 is 15.8 Å². The molecule has 0 radical (unpaired) electrons. The molecule has 1 saturated heterocycles. The van der Waals surface area contributed by atoms with Crippen LogP contribution in [0.4, 0.5) is 11.4 Å². The molecule has 1 aromatic rings. The molecule has 1 aromatic heterocycles. The maximum absolute atomic E-state index is 5.82. The molecule has 15 heavy (non-hydrogen) atoms. The van der Waals surface area contributed by atoms with Crippen molar-refractivity contribution in [1.29, 1.82) is 0 Å². The minimum Gasteiger partial charge on any atom is -0.396 e. The minimum absolute atomic E-state index is 0.587. The number of anilines is 2. The van der Waals surface area contributed by atoms with Gasteiger partial charge in [0, 0.05) is 25.3 Å². The Kier molecular flexibility index (Phi) is 3.43. The number of pyridine rings is 1. The van der Waals surface area contributed by atoms with Gasteiger partial charge in [0.2, 0.25) is 0 Å². The van der Waals surface area contributed by atoms with Crippen molar-refractivity contribution in [1.82, 2.24) is 4.98 Å². The standard InChI is InChI=1S/C10H14BrN3O/c11-8-4-13-5-9(12)10(8)14-3-7-1-2-15-6-7/h4-5,7H,1-3,6,12H2,(H,13,14). The molecule has 5 heteroatoms. The van der Waals surface area contributed by atoms with Gasteiger partial charge in [0.15, 0.2) is 0 Å². The van der Waals surface area contributed by atoms with Crippen molar-refractivity contribution >= 4 is 27.3 Å². The average molecular weight is 272 g/mol. The Morgan fingerprint density at radius 2 is 2.47 bits per heavy atom. The summed E-state index contributed by atoms with van der Waals surface area (Å²) in [5.41, 5.74) is 7.42. The second kappa shape index (κ2) is 4.81. The summed E-state index contributed by atoms with van der Waals surface area (Å²) in [6.07, 6.45) is 4.51. The molecule has 0 spiro atoms. The molecule has 0 saturated carbocycles. The molecular weight excluding hydrogens is 258 g/mol. The monoisotopic (exact) mass is 271 g/mol. The van der Waals surface area contributed by atoms with Gasteiger partial charge in [-0.3, -0.25) is 4.98 Å². The summed E-state index contributed by atoms with van der Waals surface area (Å²) in [6.45, 7) is 2.61. The van der Waals surface area contributed by atoms with Gasteiger partial charge >= 0.3 is 0 Å². The highest BCUT2D eigenvalue weighted by atomic mass is 79.9. The predicted octanol–water partition coefficient (Wildman–Crippen LogP) is 1.87. The number of nitrogens with two attached hydrogens (primary N) is 1. The number of ether oxygens (including phenoxy) is 1. The van der Waals surface area contributed by atoms with Crippen LogP contribution in [0.15, 0.2) is 16.9 Å². The molecule has 82 valence electrons. The topological polar surface area (TPSA) is 60.2 Å². The van der Waals surface area contributed by atoms with E-state index in [0.717, 1.165) is 36.3 Å². The van der Waals surface area contributed by atoms with Crippen molar-refractivity contribution in [3.05, 3.63) is 16.9 Å². The fourth-order valence-electron chi connectivity index (χ4n) is 1.63. The summed E-state index contributed by atoms with van der Waals surface area (Å²) >= 11 is 3.42. The van der Waals surface area contributed by atoms with E-state index < -0.39 is 0 Å². The Labute approximate surface area is 97.3 Å². The van der Waals surface area contributed by atoms with Gasteiger partial charge in [0.1, 0.15) is 0 Å². The van der Waals surface area contributed by atoms with Crippen LogP contribution in [0.2, 0.25) is 0 Å². The van der Waals surface area contributed by atoms with Gasteiger partial charge in [-0.1, -0.05) is 0 Å². The van der Waals surface area contributed by atoms with Crippen molar-refractivity contribution in [2.24, 2.45) is 5.92 Å². The van der Waals surface area contributed by atoms with Crippen molar-refractivity contribution in [3.8, 4) is 0 Å². The van der Waals surface area contributed by atoms with Crippen LogP contribution in [-0.2, 0) is 4.74 Å². The Morgan fingerprint density at radius 3 is 3.13 bits per heavy atom. The molecule has 4 nitrogen and oxygen atoms in total. The number of nitrogen functional groups attached to an aromatic ring is 1. The summed E-state index contributed by atoms with van der Waals surface area (Å²) in [4.78, 5) is 3.99. The summed E-state index contributed by atoms with van der Waals surface area (Å²) < 4.78 is 6.21. The maximum atomic E-state index is 5.82. The number of nitrogens with zero attached hydrogens (tertiary/aromatic N) is 1. The summed E-state index contributed by atoms with van der Waals surface area (Å²) in [7, 11) is 0. The van der Waals surface area contributed by atoms with Gasteiger partial charge in [-0.2, -0.15) is 0 Å². The number of hydrogen-bond donors (Lipinski definition) is 2. The van der Waals surface area contributed by atoms with E-state index in [-0.39, 0.29) is 0 Å². The first kappa shape index (κ1) is 10.7. The number of rotatable bonds is 3. The van der Waals surface area contributed by atoms with Gasteiger partial charge in [0.05, 0.1) is 28.7 Å². The number of hydrogen-bond acceptors (Lipinski definition) is 4. The largest absolute Gasteiger partial charge is 0.396 e. The summed E-state index contributed by atoms with van der Waals surface area (Å²) in [6, 6.07) is 0. The molecule has 1 aliphatic heterocycles. The molecule has 0 bridgehead atoms. The van der Waals surface area contributed by atoms with Crippen molar-refractivity contribution in [2.75, 3.05) is 30.8 Å². The van der Waals surface area contributed by atoms with Crippen LogP contribution in [0.3, 0.4) is 0 Å². The molecule has 2 rings (SSSR count). The minimum atomic E-state index is 0.587. The molecule has 1 atom stereocenters. The van der Waals surface area contributed by atoms with Crippen LogP contribution in [0, 0.1) is 5.92 Å². The summed E-state index contributed by atoms with van der Waals surface area (Å²) in [5.74, 6) is 0.587. The molecule has 1 fully saturated rings. The van der Waals surface area contributed by atoms with E-state index in [1.807, 2.05) is 0 Å². The highest BCUT2D eigenvalue weighted by Crippen LogP contribution is 2.27. The Bertz CT molecular complexity index is 319. The highest BCUT2D eigenvalue weighted by molar-refractivity contribution is 9.10. The molecule has 1 unspecified atom stereocenters. The molecule has 0 aliphatic carbocycles. The molecule has 2 heterocycles. The van der Waals surface area contributed by atoms with E-state index in [0.29, 0.717) is 11.6 Å². The third-order valence-corrected chi connectivity index (χ3v) is 3.12. The zero-order valence-electron chi connectivity index (χ0n) is 8.37. The van der Waals surface area contributed by atoms with Crippen molar-refractivity contribution in [3.63, 3.8) is 0 Å². The zero-order valence-corrected chi connectivity index (χ0v) is 9.96. The second-order valence-electron chi connectivity index (χ2n) is 3.70. The van der Waals surface area contributed by atoms with Crippen LogP contribution in [0.25, 0.3) is 0 Å². The predicted molar refractivity (Wildman–Crippen MR) is 63.8 cm³/mol. The van der Waals surface area contributed by atoms with Crippen LogP contribution in [0.1, 0.15) is 6.42 Å². The molecule has 3 N–H and O–H groups in total. The smallest absolute Gasteiger partial charge is 0.0750 e. The lowest BCUT2D eigenvalue weighted by Crippen LogP contribution is -2.15. The first-order valence-electron chi connectivity index (χ1n) is 4.98. The third-order valence-electron chi connectivity index (χ3n) is 2.52. The van der Waals surface area contributed by atoms with Gasteiger partial charge in [-0.15, -0.1) is 0 Å². The number of nitrogens with one attached hydrogen (secondary N) is 1. The fraction of sp³-hybridized carbons (Fsp3) is 0.500. The van der Waals surface area contributed by atoms with E-state index in [9.17, 15) is 0 Å². The quantitative estimate of drug-likeness (QED) is 0.882. The second-order valence-corrected chi connectivity index (χ2v) is 4.55. The average Bonchev–Trinajstić information content (AvgIpc) is 2.70. The normalized spacial score (nSPS) is 20.5. The Balaban J connectivity index is 1.97. The Hall–Kier alpha value is -0.810. The van der Waals surface area contributed by atoms with Crippen molar-refractivity contribution in [2.45, 2.75) is 6.42 Å². The summed E-state index contributed by atoms with van der Waals surface area (Å²) in [5, 5.41) is 3.33. The van der Waals surface area contributed by atoms with E-state index in [4.69, 9.17) is 10.5 Å². The van der Waals surface area contributed by atoms with Gasteiger partial charge in [-0.25, -0.2) is 0 Å². The zero-order chi connectivity index (χ0) is 10.7. The highest BCUT2D eigenvalue weighted by Gasteiger charge is 2.16. The first-order chi connectivity index (χ1) is 7.27. The van der Waals surface area contributed by atoms with E-state index in [2.05, 4.69) is 26.2 Å². The van der Waals surface area contributed by atoms with Crippen LogP contribution in [-0.4, -0.2) is 24.7 Å². The van der Waals surface area contributed by atoms with Crippen molar-refractivity contribution < 1.29 is 4.74 Å². The Morgan fingerprint density at radius 1 is 1.60 bits per heavy atom. The SMILES string of the molecule is Nc1cncc(Br)c1NCC1CCOC1. The molecular formula is C10H14BrN3O. The lowest BCUT2D eigenvalue weighted by atomic mass is 10.1.